The van der Waals surface area contributed by atoms with Crippen LogP contribution in [0.1, 0.15) is 26.7 Å². The van der Waals surface area contributed by atoms with Crippen LogP contribution >= 0.6 is 0 Å². The Morgan fingerprint density at radius 1 is 1.50 bits per heavy atom. The Kier molecular flexibility index (Phi) is 5.44. The molecule has 0 rings (SSSR count). The normalized spacial score (nSPS) is 14.6. The standard InChI is InChI=1S/C7H17NO3S/c1-3-7(2)8-12(10,11)6-4-5-9/h7-9H,3-6H2,1-2H3. The molecule has 0 aromatic carbocycles. The maximum Gasteiger partial charge on any atom is 0.211 e. The molecule has 4 nitrogen and oxygen atoms in total. The minimum atomic E-state index is -3.17. The average molecular weight is 195 g/mol. The lowest BCUT2D eigenvalue weighted by molar-refractivity contribution is 0.295. The van der Waals surface area contributed by atoms with E-state index in [-0.39, 0.29) is 18.4 Å². The fourth-order valence-corrected chi connectivity index (χ4v) is 2.11. The van der Waals surface area contributed by atoms with Crippen LogP contribution in [0, 0.1) is 0 Å². The van der Waals surface area contributed by atoms with Crippen LogP contribution in [0.3, 0.4) is 0 Å². The highest BCUT2D eigenvalue weighted by Gasteiger charge is 2.11. The second-order valence-corrected chi connectivity index (χ2v) is 4.70. The van der Waals surface area contributed by atoms with Crippen molar-refractivity contribution in [2.75, 3.05) is 12.4 Å². The summed E-state index contributed by atoms with van der Waals surface area (Å²) < 4.78 is 24.8. The van der Waals surface area contributed by atoms with Crippen LogP contribution in [0.15, 0.2) is 0 Å². The van der Waals surface area contributed by atoms with E-state index in [1.54, 1.807) is 0 Å². The molecule has 0 spiro atoms. The predicted molar refractivity (Wildman–Crippen MR) is 48.4 cm³/mol. The molecule has 0 amide bonds. The van der Waals surface area contributed by atoms with Gasteiger partial charge in [-0.25, -0.2) is 13.1 Å². The summed E-state index contributed by atoms with van der Waals surface area (Å²) in [6, 6.07) is -0.0197. The van der Waals surface area contributed by atoms with Gasteiger partial charge in [0, 0.05) is 12.6 Å². The van der Waals surface area contributed by atoms with Crippen LogP contribution in [0.5, 0.6) is 0 Å². The van der Waals surface area contributed by atoms with E-state index in [9.17, 15) is 8.42 Å². The van der Waals surface area contributed by atoms with Crippen molar-refractivity contribution < 1.29 is 13.5 Å². The molecular formula is C7H17NO3S. The highest BCUT2D eigenvalue weighted by Crippen LogP contribution is 1.94. The topological polar surface area (TPSA) is 66.4 Å². The quantitative estimate of drug-likeness (QED) is 0.631. The summed E-state index contributed by atoms with van der Waals surface area (Å²) in [6.45, 7) is 3.65. The van der Waals surface area contributed by atoms with Gasteiger partial charge in [0.1, 0.15) is 0 Å². The largest absolute Gasteiger partial charge is 0.396 e. The maximum absolute atomic E-state index is 11.1. The molecule has 1 atom stereocenters. The number of hydrogen-bond acceptors (Lipinski definition) is 3. The average Bonchev–Trinajstić information content (AvgIpc) is 2.00. The molecule has 12 heavy (non-hydrogen) atoms. The van der Waals surface area contributed by atoms with Crippen LogP contribution in [-0.2, 0) is 10.0 Å². The Balaban J connectivity index is 3.88. The zero-order chi connectivity index (χ0) is 9.61. The number of aliphatic hydroxyl groups is 1. The molecule has 5 heteroatoms. The fraction of sp³-hybridized carbons (Fsp3) is 1.00. The van der Waals surface area contributed by atoms with Gasteiger partial charge in [0.15, 0.2) is 0 Å². The predicted octanol–water partition coefficient (Wildman–Crippen LogP) is 0.0867. The minimum Gasteiger partial charge on any atom is -0.396 e. The Hall–Kier alpha value is -0.130. The molecule has 0 saturated heterocycles. The summed E-state index contributed by atoms with van der Waals surface area (Å²) >= 11 is 0. The first-order chi connectivity index (χ1) is 5.52. The van der Waals surface area contributed by atoms with Crippen LogP contribution in [-0.4, -0.2) is 31.9 Å². The van der Waals surface area contributed by atoms with Crippen molar-refractivity contribution in [1.29, 1.82) is 0 Å². The number of nitrogens with one attached hydrogen (secondary N) is 1. The fourth-order valence-electron chi connectivity index (χ4n) is 0.703. The lowest BCUT2D eigenvalue weighted by Crippen LogP contribution is -2.34. The van der Waals surface area contributed by atoms with Gasteiger partial charge < -0.3 is 5.11 Å². The lowest BCUT2D eigenvalue weighted by atomic mass is 10.3. The molecule has 0 aromatic heterocycles. The third-order valence-corrected chi connectivity index (χ3v) is 3.15. The Labute approximate surface area is 74.0 Å². The van der Waals surface area contributed by atoms with Crippen molar-refractivity contribution in [2.45, 2.75) is 32.7 Å². The molecule has 0 aliphatic rings. The van der Waals surface area contributed by atoms with E-state index in [1.807, 2.05) is 13.8 Å². The second-order valence-electron chi connectivity index (χ2n) is 2.82. The van der Waals surface area contributed by atoms with E-state index < -0.39 is 10.0 Å². The number of rotatable bonds is 6. The molecular weight excluding hydrogens is 178 g/mol. The van der Waals surface area contributed by atoms with Gasteiger partial charge in [0.25, 0.3) is 0 Å². The summed E-state index contributed by atoms with van der Waals surface area (Å²) in [7, 11) is -3.17. The van der Waals surface area contributed by atoms with E-state index in [1.165, 1.54) is 0 Å². The molecule has 74 valence electrons. The number of aliphatic hydroxyl groups excluding tert-OH is 1. The molecule has 0 saturated carbocycles. The van der Waals surface area contributed by atoms with Gasteiger partial charge in [-0.3, -0.25) is 0 Å². The molecule has 0 radical (unpaired) electrons. The molecule has 2 N–H and O–H groups in total. The van der Waals surface area contributed by atoms with E-state index >= 15 is 0 Å². The zero-order valence-corrected chi connectivity index (χ0v) is 8.39. The highest BCUT2D eigenvalue weighted by atomic mass is 32.2. The number of sulfonamides is 1. The van der Waals surface area contributed by atoms with Gasteiger partial charge in [-0.05, 0) is 19.8 Å². The van der Waals surface area contributed by atoms with Crippen LogP contribution in [0.4, 0.5) is 0 Å². The molecule has 0 aliphatic heterocycles. The minimum absolute atomic E-state index is 0.00778. The first kappa shape index (κ1) is 11.9. The van der Waals surface area contributed by atoms with Crippen molar-refractivity contribution in [2.24, 2.45) is 0 Å². The Morgan fingerprint density at radius 2 is 2.08 bits per heavy atom. The summed E-state index contributed by atoms with van der Waals surface area (Å²) in [5.41, 5.74) is 0. The van der Waals surface area contributed by atoms with E-state index in [2.05, 4.69) is 4.72 Å². The van der Waals surface area contributed by atoms with E-state index in [0.29, 0.717) is 6.42 Å². The molecule has 0 bridgehead atoms. The first-order valence-corrected chi connectivity index (χ1v) is 5.78. The van der Waals surface area contributed by atoms with Gasteiger partial charge in [0.05, 0.1) is 5.75 Å². The van der Waals surface area contributed by atoms with Crippen LogP contribution in [0.2, 0.25) is 0 Å². The summed E-state index contributed by atoms with van der Waals surface area (Å²) in [6.07, 6.45) is 1.07. The Morgan fingerprint density at radius 3 is 2.50 bits per heavy atom. The SMILES string of the molecule is CCC(C)NS(=O)(=O)CCCO. The molecule has 0 aromatic rings. The summed E-state index contributed by atoms with van der Waals surface area (Å²) in [5, 5.41) is 8.43. The van der Waals surface area contributed by atoms with Gasteiger partial charge >= 0.3 is 0 Å². The van der Waals surface area contributed by atoms with Gasteiger partial charge in [-0.2, -0.15) is 0 Å². The lowest BCUT2D eigenvalue weighted by Gasteiger charge is -2.10. The smallest absolute Gasteiger partial charge is 0.211 e. The second kappa shape index (κ2) is 5.50. The van der Waals surface area contributed by atoms with Crippen molar-refractivity contribution >= 4 is 10.0 Å². The van der Waals surface area contributed by atoms with Crippen LogP contribution < -0.4 is 4.72 Å². The van der Waals surface area contributed by atoms with Gasteiger partial charge in [-0.15, -0.1) is 0 Å². The molecule has 0 aliphatic carbocycles. The van der Waals surface area contributed by atoms with Crippen molar-refractivity contribution in [1.82, 2.24) is 4.72 Å². The number of hydrogen-bond donors (Lipinski definition) is 2. The van der Waals surface area contributed by atoms with Crippen molar-refractivity contribution in [3.63, 3.8) is 0 Å². The van der Waals surface area contributed by atoms with Crippen molar-refractivity contribution in [3.8, 4) is 0 Å². The van der Waals surface area contributed by atoms with Gasteiger partial charge in [-0.1, -0.05) is 6.92 Å². The molecule has 1 unspecified atom stereocenters. The molecule has 0 fully saturated rings. The van der Waals surface area contributed by atoms with Crippen LogP contribution in [0.25, 0.3) is 0 Å². The first-order valence-electron chi connectivity index (χ1n) is 4.12. The zero-order valence-electron chi connectivity index (χ0n) is 7.58. The third-order valence-electron chi connectivity index (χ3n) is 1.56. The maximum atomic E-state index is 11.1. The summed E-state index contributed by atoms with van der Waals surface area (Å²) in [4.78, 5) is 0. The van der Waals surface area contributed by atoms with Crippen molar-refractivity contribution in [3.05, 3.63) is 0 Å². The third kappa shape index (κ3) is 5.51. The molecule has 0 heterocycles. The highest BCUT2D eigenvalue weighted by molar-refractivity contribution is 7.89. The van der Waals surface area contributed by atoms with E-state index in [4.69, 9.17) is 5.11 Å². The van der Waals surface area contributed by atoms with E-state index in [0.717, 1.165) is 6.42 Å². The van der Waals surface area contributed by atoms with Gasteiger partial charge in [0.2, 0.25) is 10.0 Å². The summed E-state index contributed by atoms with van der Waals surface area (Å²) in [5.74, 6) is 0.00778. The Bertz CT molecular complexity index is 201. The monoisotopic (exact) mass is 195 g/mol.